The van der Waals surface area contributed by atoms with Crippen LogP contribution in [0, 0.1) is 17.8 Å². The van der Waals surface area contributed by atoms with Gasteiger partial charge in [0.1, 0.15) is 0 Å². The van der Waals surface area contributed by atoms with Crippen LogP contribution in [-0.2, 0) is 0 Å². The molecule has 1 aliphatic carbocycles. The third kappa shape index (κ3) is 0.921. The van der Waals surface area contributed by atoms with E-state index in [1.165, 1.54) is 37.4 Å². The molecule has 0 spiro atoms. The molecule has 0 aromatic rings. The van der Waals surface area contributed by atoms with Crippen LogP contribution in [0.1, 0.15) is 19.3 Å². The molecule has 0 unspecified atom stereocenters. The Morgan fingerprint density at radius 2 is 1.18 bits per heavy atom. The van der Waals surface area contributed by atoms with Crippen molar-refractivity contribution in [1.82, 2.24) is 0 Å². The standard InChI is InChI=1S/C9H16OSi/c10-11-4-7-1-8(5-11)3-9(2-7)6-11/h7-10H,1-6H2/p+1. The summed E-state index contributed by atoms with van der Waals surface area (Å²) in [6.07, 6.45) is 4.51. The second-order valence-corrected chi connectivity index (χ2v) is 8.98. The van der Waals surface area contributed by atoms with E-state index in [9.17, 15) is 0 Å². The van der Waals surface area contributed by atoms with Gasteiger partial charge in [0.15, 0.2) is 0 Å². The highest BCUT2D eigenvalue weighted by Crippen LogP contribution is 2.54. The van der Waals surface area contributed by atoms with E-state index in [4.69, 9.17) is 4.80 Å². The molecule has 0 atom stereocenters. The fraction of sp³-hybridized carbons (Fsp3) is 1.00. The largest absolute Gasteiger partial charge is 0.542 e. The predicted octanol–water partition coefficient (Wildman–Crippen LogP) is 1.72. The quantitative estimate of drug-likeness (QED) is 0.389. The van der Waals surface area contributed by atoms with Crippen molar-refractivity contribution in [2.45, 2.75) is 37.4 Å². The highest BCUT2D eigenvalue weighted by atomic mass is 28.4. The van der Waals surface area contributed by atoms with Gasteiger partial charge in [0.05, 0.1) is 0 Å². The minimum absolute atomic E-state index is 1.02. The highest BCUT2D eigenvalue weighted by Gasteiger charge is 2.57. The zero-order chi connectivity index (χ0) is 7.47. The van der Waals surface area contributed by atoms with E-state index in [1.54, 1.807) is 0 Å². The molecular formula is C9H17OSi+. The summed E-state index contributed by atoms with van der Waals surface area (Å²) in [7, 11) is -1.35. The van der Waals surface area contributed by atoms with Crippen molar-refractivity contribution >= 4 is 8.32 Å². The van der Waals surface area contributed by atoms with E-state index in [-0.39, 0.29) is 0 Å². The first-order valence-corrected chi connectivity index (χ1v) is 7.61. The third-order valence-corrected chi connectivity index (χ3v) is 8.11. The van der Waals surface area contributed by atoms with Gasteiger partial charge in [-0.2, -0.15) is 0 Å². The maximum Gasteiger partial charge on any atom is 0.384 e. The Labute approximate surface area is 68.9 Å². The van der Waals surface area contributed by atoms with Crippen molar-refractivity contribution in [3.63, 3.8) is 0 Å². The number of hydrogen-bond donors (Lipinski definition) is 0. The Balaban J connectivity index is 1.94. The summed E-state index contributed by atoms with van der Waals surface area (Å²) in [5.41, 5.74) is 0. The maximum absolute atomic E-state index is 8.35. The second kappa shape index (κ2) is 1.91. The molecule has 0 aromatic heterocycles. The molecule has 2 N–H and O–H groups in total. The van der Waals surface area contributed by atoms with Crippen LogP contribution in [0.5, 0.6) is 0 Å². The molecular weight excluding hydrogens is 152 g/mol. The van der Waals surface area contributed by atoms with Crippen molar-refractivity contribution < 1.29 is 4.80 Å². The van der Waals surface area contributed by atoms with E-state index >= 15 is 0 Å². The van der Waals surface area contributed by atoms with Gasteiger partial charge in [-0.1, -0.05) is 0 Å². The molecule has 1 saturated carbocycles. The van der Waals surface area contributed by atoms with Crippen LogP contribution in [0.3, 0.4) is 0 Å². The predicted molar refractivity (Wildman–Crippen MR) is 48.1 cm³/mol. The van der Waals surface area contributed by atoms with Crippen LogP contribution in [0.25, 0.3) is 0 Å². The Kier molecular flexibility index (Phi) is 1.16. The zero-order valence-electron chi connectivity index (χ0n) is 6.97. The first-order valence-electron chi connectivity index (χ1n) is 4.98. The van der Waals surface area contributed by atoms with Gasteiger partial charge >= 0.3 is 8.32 Å². The molecule has 11 heavy (non-hydrogen) atoms. The molecule has 3 saturated heterocycles. The molecule has 3 aliphatic heterocycles. The monoisotopic (exact) mass is 169 g/mol. The van der Waals surface area contributed by atoms with E-state index in [1.807, 2.05) is 0 Å². The topological polar surface area (TPSA) is 22.9 Å². The van der Waals surface area contributed by atoms with Crippen LogP contribution in [0.2, 0.25) is 18.1 Å². The van der Waals surface area contributed by atoms with Crippen molar-refractivity contribution in [2.24, 2.45) is 17.8 Å². The first kappa shape index (κ1) is 6.67. The van der Waals surface area contributed by atoms with Gasteiger partial charge in [0, 0.05) is 18.1 Å². The molecule has 0 radical (unpaired) electrons. The minimum atomic E-state index is -1.35. The lowest BCUT2D eigenvalue weighted by atomic mass is 9.76. The highest BCUT2D eigenvalue weighted by molar-refractivity contribution is 6.73. The van der Waals surface area contributed by atoms with Crippen LogP contribution >= 0.6 is 0 Å². The molecule has 0 amide bonds. The van der Waals surface area contributed by atoms with Gasteiger partial charge in [-0.3, -0.25) is 0 Å². The van der Waals surface area contributed by atoms with Crippen molar-refractivity contribution in [3.05, 3.63) is 0 Å². The lowest BCUT2D eigenvalue weighted by Crippen LogP contribution is -2.52. The SMILES string of the molecule is [OH2+][Si]12CC3CC(CC(C3)C1)C2. The third-order valence-electron chi connectivity index (χ3n) is 4.04. The normalized spacial score (nSPS) is 60.3. The van der Waals surface area contributed by atoms with Gasteiger partial charge in [-0.15, -0.1) is 0 Å². The summed E-state index contributed by atoms with van der Waals surface area (Å²) in [6.45, 7) is 0. The first-order chi connectivity index (χ1) is 5.23. The van der Waals surface area contributed by atoms with Gasteiger partial charge in [-0.25, -0.2) is 0 Å². The van der Waals surface area contributed by atoms with Gasteiger partial charge in [0.25, 0.3) is 0 Å². The van der Waals surface area contributed by atoms with Crippen LogP contribution < -0.4 is 0 Å². The van der Waals surface area contributed by atoms with Crippen LogP contribution in [-0.4, -0.2) is 13.1 Å². The van der Waals surface area contributed by atoms with Gasteiger partial charge in [-0.05, 0) is 37.0 Å². The minimum Gasteiger partial charge on any atom is -0.542 e. The van der Waals surface area contributed by atoms with E-state index in [0.29, 0.717) is 0 Å². The number of hydrogen-bond acceptors (Lipinski definition) is 0. The summed E-state index contributed by atoms with van der Waals surface area (Å²) < 4.78 is 0. The fourth-order valence-electron chi connectivity index (χ4n) is 4.11. The maximum atomic E-state index is 8.35. The smallest absolute Gasteiger partial charge is 0.384 e. The zero-order valence-corrected chi connectivity index (χ0v) is 7.97. The molecule has 1 nitrogen and oxygen atoms in total. The van der Waals surface area contributed by atoms with Crippen molar-refractivity contribution in [1.29, 1.82) is 0 Å². The molecule has 4 aliphatic rings. The Morgan fingerprint density at radius 1 is 0.818 bits per heavy atom. The Bertz CT molecular complexity index is 155. The summed E-state index contributed by atoms with van der Waals surface area (Å²) in [5, 5.41) is 0. The molecule has 0 aromatic carbocycles. The summed E-state index contributed by atoms with van der Waals surface area (Å²) >= 11 is 0. The molecule has 4 bridgehead atoms. The van der Waals surface area contributed by atoms with Crippen LogP contribution in [0.15, 0.2) is 0 Å². The second-order valence-electron chi connectivity index (χ2n) is 5.20. The van der Waals surface area contributed by atoms with Crippen molar-refractivity contribution in [3.8, 4) is 0 Å². The Hall–Kier alpha value is 0.177. The van der Waals surface area contributed by atoms with Gasteiger partial charge in [0.2, 0.25) is 0 Å². The molecule has 4 fully saturated rings. The average Bonchev–Trinajstić information content (AvgIpc) is 1.79. The molecule has 2 heteroatoms. The molecule has 62 valence electrons. The molecule has 3 heterocycles. The van der Waals surface area contributed by atoms with Crippen molar-refractivity contribution in [2.75, 3.05) is 0 Å². The lowest BCUT2D eigenvalue weighted by molar-refractivity contribution is 0.166. The van der Waals surface area contributed by atoms with E-state index in [2.05, 4.69) is 0 Å². The summed E-state index contributed by atoms with van der Waals surface area (Å²) in [4.78, 5) is 8.35. The fourth-order valence-corrected chi connectivity index (χ4v) is 8.93. The van der Waals surface area contributed by atoms with E-state index < -0.39 is 8.32 Å². The van der Waals surface area contributed by atoms with E-state index in [0.717, 1.165) is 17.8 Å². The van der Waals surface area contributed by atoms with Crippen LogP contribution in [0.4, 0.5) is 0 Å². The van der Waals surface area contributed by atoms with Gasteiger partial charge < -0.3 is 4.80 Å². The lowest BCUT2D eigenvalue weighted by Gasteiger charge is -2.49. The average molecular weight is 169 g/mol. The molecule has 4 rings (SSSR count). The summed E-state index contributed by atoms with van der Waals surface area (Å²) in [5.74, 6) is 3.06. The summed E-state index contributed by atoms with van der Waals surface area (Å²) in [6, 6.07) is 4.12. The number of rotatable bonds is 0. The Morgan fingerprint density at radius 3 is 1.45 bits per heavy atom.